The summed E-state index contributed by atoms with van der Waals surface area (Å²) >= 11 is 0. The molecule has 28 heavy (non-hydrogen) atoms. The summed E-state index contributed by atoms with van der Waals surface area (Å²) in [6.45, 7) is 5.73. The number of hydrogen-bond acceptors (Lipinski definition) is 4. The van der Waals surface area contributed by atoms with Crippen molar-refractivity contribution in [2.45, 2.75) is 33.1 Å². The van der Waals surface area contributed by atoms with Crippen LogP contribution in [0.5, 0.6) is 0 Å². The van der Waals surface area contributed by atoms with E-state index in [-0.39, 0.29) is 5.91 Å². The zero-order chi connectivity index (χ0) is 19.3. The molecule has 3 aromatic rings. The van der Waals surface area contributed by atoms with E-state index >= 15 is 0 Å². The molecule has 0 aromatic carbocycles. The number of pyridine rings is 2. The van der Waals surface area contributed by atoms with Gasteiger partial charge in [-0.05, 0) is 62.3 Å². The van der Waals surface area contributed by atoms with Crippen molar-refractivity contribution in [1.29, 1.82) is 0 Å². The van der Waals surface area contributed by atoms with E-state index in [1.807, 2.05) is 36.9 Å². The maximum Gasteiger partial charge on any atom is 0.255 e. The summed E-state index contributed by atoms with van der Waals surface area (Å²) in [4.78, 5) is 31.5. The minimum atomic E-state index is 0.0877. The van der Waals surface area contributed by atoms with Crippen molar-refractivity contribution < 1.29 is 4.79 Å². The van der Waals surface area contributed by atoms with E-state index in [4.69, 9.17) is 0 Å². The molecule has 2 fully saturated rings. The third-order valence-corrected chi connectivity index (χ3v) is 6.13. The van der Waals surface area contributed by atoms with Crippen molar-refractivity contribution in [3.63, 3.8) is 0 Å². The number of H-pyrrole nitrogens is 1. The highest BCUT2D eigenvalue weighted by atomic mass is 16.2. The molecule has 1 saturated heterocycles. The fourth-order valence-electron chi connectivity index (χ4n) is 4.00. The summed E-state index contributed by atoms with van der Waals surface area (Å²) in [7, 11) is 0. The number of carbonyl (C=O) groups is 1. The molecule has 5 rings (SSSR count). The van der Waals surface area contributed by atoms with Crippen LogP contribution >= 0.6 is 0 Å². The van der Waals surface area contributed by atoms with Gasteiger partial charge in [0.25, 0.3) is 5.91 Å². The summed E-state index contributed by atoms with van der Waals surface area (Å²) in [5.41, 5.74) is 5.75. The number of carbonyl (C=O) groups excluding carboxylic acids is 1. The normalized spacial score (nSPS) is 17.3. The molecule has 2 aliphatic rings. The van der Waals surface area contributed by atoms with E-state index in [0.717, 1.165) is 53.5 Å². The number of rotatable bonds is 3. The summed E-state index contributed by atoms with van der Waals surface area (Å²) in [6.07, 6.45) is 8.90. The van der Waals surface area contributed by atoms with Gasteiger partial charge in [-0.3, -0.25) is 14.8 Å². The predicted octanol–water partition coefficient (Wildman–Crippen LogP) is 3.78. The highest BCUT2D eigenvalue weighted by Crippen LogP contribution is 2.52. The Morgan fingerprint density at radius 2 is 2.00 bits per heavy atom. The monoisotopic (exact) mass is 373 g/mol. The Hall–Kier alpha value is -3.02. The lowest BCUT2D eigenvalue weighted by molar-refractivity contribution is 0.0784. The first-order valence-corrected chi connectivity index (χ1v) is 9.77. The third-order valence-electron chi connectivity index (χ3n) is 6.13. The zero-order valence-corrected chi connectivity index (χ0v) is 16.2. The average molecular weight is 373 g/mol. The Kier molecular flexibility index (Phi) is 3.82. The van der Waals surface area contributed by atoms with Gasteiger partial charge in [0.05, 0.1) is 11.3 Å². The number of likely N-dealkylation sites (tertiary alicyclic amines) is 1. The standard InChI is InChI=1S/C22H23N5O/c1-14-15(2)26-20(25-14)19-10-16(3-7-24-19)17-9-18(12-23-11-17)21(28)27-8-6-22(13-27)4-5-22/h3,7,9-12H,4-6,8,13H2,1-2H3,(H,25,26). The maximum absolute atomic E-state index is 12.9. The van der Waals surface area contributed by atoms with Gasteiger partial charge in [0.2, 0.25) is 0 Å². The smallest absolute Gasteiger partial charge is 0.255 e. The van der Waals surface area contributed by atoms with E-state index < -0.39 is 0 Å². The molecule has 1 spiro atoms. The van der Waals surface area contributed by atoms with Crippen LogP contribution in [-0.2, 0) is 0 Å². The van der Waals surface area contributed by atoms with Crippen molar-refractivity contribution in [3.8, 4) is 22.6 Å². The second-order valence-corrected chi connectivity index (χ2v) is 8.16. The molecule has 6 nitrogen and oxygen atoms in total. The molecule has 142 valence electrons. The van der Waals surface area contributed by atoms with Crippen LogP contribution in [0.15, 0.2) is 36.8 Å². The van der Waals surface area contributed by atoms with Gasteiger partial charge in [0.1, 0.15) is 5.69 Å². The molecule has 1 N–H and O–H groups in total. The van der Waals surface area contributed by atoms with Crippen LogP contribution < -0.4 is 0 Å². The Labute approximate surface area is 164 Å². The lowest BCUT2D eigenvalue weighted by Gasteiger charge is -2.16. The summed E-state index contributed by atoms with van der Waals surface area (Å²) in [5, 5.41) is 0. The van der Waals surface area contributed by atoms with Crippen LogP contribution in [-0.4, -0.2) is 43.8 Å². The first-order chi connectivity index (χ1) is 13.5. The van der Waals surface area contributed by atoms with E-state index in [1.54, 1.807) is 18.6 Å². The van der Waals surface area contributed by atoms with Gasteiger partial charge in [0, 0.05) is 42.9 Å². The van der Waals surface area contributed by atoms with E-state index in [2.05, 4.69) is 19.9 Å². The van der Waals surface area contributed by atoms with Crippen molar-refractivity contribution in [2.24, 2.45) is 5.41 Å². The summed E-state index contributed by atoms with van der Waals surface area (Å²) < 4.78 is 0. The molecule has 4 heterocycles. The number of aromatic amines is 1. The Bertz CT molecular complexity index is 1050. The maximum atomic E-state index is 12.9. The van der Waals surface area contributed by atoms with Gasteiger partial charge in [-0.1, -0.05) is 0 Å². The molecular weight excluding hydrogens is 350 g/mol. The Morgan fingerprint density at radius 3 is 2.71 bits per heavy atom. The molecule has 3 aromatic heterocycles. The van der Waals surface area contributed by atoms with Gasteiger partial charge >= 0.3 is 0 Å². The van der Waals surface area contributed by atoms with Crippen molar-refractivity contribution in [3.05, 3.63) is 53.7 Å². The van der Waals surface area contributed by atoms with E-state index in [9.17, 15) is 4.79 Å². The number of amides is 1. The average Bonchev–Trinajstić information content (AvgIpc) is 3.21. The lowest BCUT2D eigenvalue weighted by atomic mass is 10.1. The molecule has 1 aliphatic carbocycles. The highest BCUT2D eigenvalue weighted by Gasteiger charge is 2.48. The topological polar surface area (TPSA) is 74.8 Å². The molecular formula is C22H23N5O. The number of nitrogens with zero attached hydrogens (tertiary/aromatic N) is 4. The number of aromatic nitrogens is 4. The van der Waals surface area contributed by atoms with Gasteiger partial charge < -0.3 is 9.88 Å². The second kappa shape index (κ2) is 6.26. The summed E-state index contributed by atoms with van der Waals surface area (Å²) in [5.74, 6) is 0.841. The fraction of sp³-hybridized carbons (Fsp3) is 0.364. The summed E-state index contributed by atoms with van der Waals surface area (Å²) in [6, 6.07) is 5.86. The van der Waals surface area contributed by atoms with Crippen molar-refractivity contribution >= 4 is 5.91 Å². The quantitative estimate of drug-likeness (QED) is 0.758. The van der Waals surface area contributed by atoms with Crippen LogP contribution in [0.3, 0.4) is 0 Å². The molecule has 6 heteroatoms. The van der Waals surface area contributed by atoms with Gasteiger partial charge in [-0.2, -0.15) is 0 Å². The zero-order valence-electron chi connectivity index (χ0n) is 16.2. The van der Waals surface area contributed by atoms with E-state index in [1.165, 1.54) is 12.8 Å². The first-order valence-electron chi connectivity index (χ1n) is 9.77. The van der Waals surface area contributed by atoms with Gasteiger partial charge in [0.15, 0.2) is 5.82 Å². The lowest BCUT2D eigenvalue weighted by Crippen LogP contribution is -2.29. The molecule has 0 atom stereocenters. The Balaban J connectivity index is 1.43. The molecule has 1 amide bonds. The van der Waals surface area contributed by atoms with Crippen LogP contribution in [0.1, 0.15) is 41.0 Å². The molecule has 1 saturated carbocycles. The molecule has 0 bridgehead atoms. The SMILES string of the molecule is Cc1nc(-c2cc(-c3cncc(C(=O)N4CCC5(CC5)C4)c3)ccn2)[nH]c1C. The van der Waals surface area contributed by atoms with Crippen LogP contribution in [0, 0.1) is 19.3 Å². The highest BCUT2D eigenvalue weighted by molar-refractivity contribution is 5.95. The number of imidazole rings is 1. The van der Waals surface area contributed by atoms with Gasteiger partial charge in [-0.25, -0.2) is 4.98 Å². The van der Waals surface area contributed by atoms with Gasteiger partial charge in [-0.15, -0.1) is 0 Å². The minimum absolute atomic E-state index is 0.0877. The third kappa shape index (κ3) is 2.99. The predicted molar refractivity (Wildman–Crippen MR) is 107 cm³/mol. The minimum Gasteiger partial charge on any atom is -0.341 e. The van der Waals surface area contributed by atoms with Crippen LogP contribution in [0.25, 0.3) is 22.6 Å². The van der Waals surface area contributed by atoms with Crippen LogP contribution in [0.2, 0.25) is 0 Å². The number of hydrogen-bond donors (Lipinski definition) is 1. The van der Waals surface area contributed by atoms with E-state index in [0.29, 0.717) is 11.0 Å². The largest absolute Gasteiger partial charge is 0.341 e. The number of aryl methyl sites for hydroxylation is 2. The molecule has 1 aliphatic heterocycles. The first kappa shape index (κ1) is 17.1. The van der Waals surface area contributed by atoms with Crippen LogP contribution in [0.4, 0.5) is 0 Å². The fourth-order valence-corrected chi connectivity index (χ4v) is 4.00. The Morgan fingerprint density at radius 1 is 1.14 bits per heavy atom. The van der Waals surface area contributed by atoms with Crippen molar-refractivity contribution in [2.75, 3.05) is 13.1 Å². The number of nitrogens with one attached hydrogen (secondary N) is 1. The molecule has 0 unspecified atom stereocenters. The second-order valence-electron chi connectivity index (χ2n) is 8.16. The molecule has 0 radical (unpaired) electrons. The van der Waals surface area contributed by atoms with Crippen molar-refractivity contribution in [1.82, 2.24) is 24.8 Å².